The van der Waals surface area contributed by atoms with Crippen molar-refractivity contribution in [3.05, 3.63) is 58.3 Å². The zero-order valence-corrected chi connectivity index (χ0v) is 17.0. The van der Waals surface area contributed by atoms with Gasteiger partial charge in [-0.3, -0.25) is 4.79 Å². The number of hydrogen-bond donors (Lipinski definition) is 1. The Hall–Kier alpha value is -1.77. The van der Waals surface area contributed by atoms with Crippen LogP contribution in [0.4, 0.5) is 10.1 Å². The molecule has 1 aliphatic rings. The van der Waals surface area contributed by atoms with Gasteiger partial charge in [0.25, 0.3) is 5.91 Å². The van der Waals surface area contributed by atoms with Gasteiger partial charge in [-0.05, 0) is 55.3 Å². The molecule has 1 fully saturated rings. The van der Waals surface area contributed by atoms with Gasteiger partial charge in [-0.25, -0.2) is 12.8 Å². The predicted molar refractivity (Wildman–Crippen MR) is 106 cm³/mol. The summed E-state index contributed by atoms with van der Waals surface area (Å²) >= 11 is 3.31. The van der Waals surface area contributed by atoms with Gasteiger partial charge in [0, 0.05) is 28.8 Å². The van der Waals surface area contributed by atoms with Crippen molar-refractivity contribution in [2.45, 2.75) is 30.6 Å². The highest BCUT2D eigenvalue weighted by Crippen LogP contribution is 2.24. The molecule has 144 valence electrons. The predicted octanol–water partition coefficient (Wildman–Crippen LogP) is 4.41. The summed E-state index contributed by atoms with van der Waals surface area (Å²) < 4.78 is 42.3. The first-order valence-corrected chi connectivity index (χ1v) is 11.0. The fourth-order valence-corrected chi connectivity index (χ4v) is 4.87. The van der Waals surface area contributed by atoms with Crippen LogP contribution < -0.4 is 5.32 Å². The van der Waals surface area contributed by atoms with E-state index in [0.29, 0.717) is 18.8 Å². The first-order chi connectivity index (χ1) is 12.9. The van der Waals surface area contributed by atoms with Crippen LogP contribution in [0.25, 0.3) is 0 Å². The Labute approximate surface area is 166 Å². The second-order valence-electron chi connectivity index (χ2n) is 6.42. The van der Waals surface area contributed by atoms with Crippen molar-refractivity contribution < 1.29 is 17.6 Å². The fourth-order valence-electron chi connectivity index (χ4n) is 3.00. The maximum Gasteiger partial charge on any atom is 0.255 e. The molecule has 2 aromatic rings. The van der Waals surface area contributed by atoms with E-state index in [2.05, 4.69) is 21.2 Å². The van der Waals surface area contributed by atoms with Crippen LogP contribution in [0.5, 0.6) is 0 Å². The molecule has 2 aromatic carbocycles. The van der Waals surface area contributed by atoms with Crippen molar-refractivity contribution in [1.82, 2.24) is 4.31 Å². The van der Waals surface area contributed by atoms with Crippen LogP contribution in [0.1, 0.15) is 36.0 Å². The minimum absolute atomic E-state index is 0.0905. The van der Waals surface area contributed by atoms with Crippen LogP contribution in [-0.2, 0) is 10.0 Å². The summed E-state index contributed by atoms with van der Waals surface area (Å²) in [5.74, 6) is -1.34. The van der Waals surface area contributed by atoms with Crippen molar-refractivity contribution in [2.75, 3.05) is 18.4 Å². The first kappa shape index (κ1) is 20.0. The standard InChI is InChI=1S/C19H20BrFN2O3S/c20-15-6-8-16(9-7-15)22-19(24)14-5-10-17(21)18(13-14)27(25,26)23-11-3-1-2-4-12-23/h5-10,13H,1-4,11-12H2,(H,22,24). The van der Waals surface area contributed by atoms with Crippen LogP contribution >= 0.6 is 15.9 Å². The zero-order chi connectivity index (χ0) is 19.4. The second-order valence-corrected chi connectivity index (χ2v) is 9.25. The molecule has 0 unspecified atom stereocenters. The molecule has 0 saturated carbocycles. The monoisotopic (exact) mass is 454 g/mol. The van der Waals surface area contributed by atoms with Crippen LogP contribution in [0, 0.1) is 5.82 Å². The highest BCUT2D eigenvalue weighted by Gasteiger charge is 2.28. The summed E-state index contributed by atoms with van der Waals surface area (Å²) in [5, 5.41) is 2.68. The number of hydrogen-bond acceptors (Lipinski definition) is 3. The summed E-state index contributed by atoms with van der Waals surface area (Å²) in [5.41, 5.74) is 0.650. The van der Waals surface area contributed by atoms with Gasteiger partial charge in [0.05, 0.1) is 0 Å². The molecule has 0 radical (unpaired) electrons. The molecule has 1 heterocycles. The molecule has 27 heavy (non-hydrogen) atoms. The number of rotatable bonds is 4. The van der Waals surface area contributed by atoms with E-state index in [9.17, 15) is 17.6 Å². The van der Waals surface area contributed by atoms with Crippen LogP contribution in [-0.4, -0.2) is 31.7 Å². The number of nitrogens with zero attached hydrogens (tertiary/aromatic N) is 1. The maximum absolute atomic E-state index is 14.3. The van der Waals surface area contributed by atoms with Crippen molar-refractivity contribution in [3.63, 3.8) is 0 Å². The van der Waals surface area contributed by atoms with Gasteiger partial charge in [-0.1, -0.05) is 28.8 Å². The Morgan fingerprint density at radius 2 is 1.63 bits per heavy atom. The number of nitrogens with one attached hydrogen (secondary N) is 1. The lowest BCUT2D eigenvalue weighted by atomic mass is 10.2. The Bertz CT molecular complexity index is 924. The third kappa shape index (κ3) is 4.75. The number of benzene rings is 2. The quantitative estimate of drug-likeness (QED) is 0.743. The van der Waals surface area contributed by atoms with E-state index in [-0.39, 0.29) is 5.56 Å². The van der Waals surface area contributed by atoms with E-state index in [1.165, 1.54) is 10.4 Å². The fraction of sp³-hybridized carbons (Fsp3) is 0.316. The van der Waals surface area contributed by atoms with E-state index < -0.39 is 26.6 Å². The maximum atomic E-state index is 14.3. The molecule has 0 atom stereocenters. The molecular weight excluding hydrogens is 435 g/mol. The summed E-state index contributed by atoms with van der Waals surface area (Å²) in [6.45, 7) is 0.744. The van der Waals surface area contributed by atoms with Crippen LogP contribution in [0.2, 0.25) is 0 Å². The van der Waals surface area contributed by atoms with E-state index in [1.54, 1.807) is 24.3 Å². The summed E-state index contributed by atoms with van der Waals surface area (Å²) in [7, 11) is -3.98. The number of sulfonamides is 1. The molecule has 1 aliphatic heterocycles. The summed E-state index contributed by atoms with van der Waals surface area (Å²) in [6, 6.07) is 10.4. The van der Waals surface area contributed by atoms with E-state index >= 15 is 0 Å². The normalized spacial score (nSPS) is 15.9. The minimum atomic E-state index is -3.98. The molecule has 0 bridgehead atoms. The zero-order valence-electron chi connectivity index (χ0n) is 14.6. The first-order valence-electron chi connectivity index (χ1n) is 8.74. The van der Waals surface area contributed by atoms with Gasteiger partial charge in [0.1, 0.15) is 10.7 Å². The number of amides is 1. The van der Waals surface area contributed by atoms with Crippen molar-refractivity contribution in [2.24, 2.45) is 0 Å². The molecule has 8 heteroatoms. The van der Waals surface area contributed by atoms with E-state index in [1.807, 2.05) is 0 Å². The van der Waals surface area contributed by atoms with Crippen molar-refractivity contribution in [1.29, 1.82) is 0 Å². The molecule has 5 nitrogen and oxygen atoms in total. The van der Waals surface area contributed by atoms with Gasteiger partial charge >= 0.3 is 0 Å². The average molecular weight is 455 g/mol. The SMILES string of the molecule is O=C(Nc1ccc(Br)cc1)c1ccc(F)c(S(=O)(=O)N2CCCCCC2)c1. The summed E-state index contributed by atoms with van der Waals surface area (Å²) in [4.78, 5) is 12.0. The largest absolute Gasteiger partial charge is 0.322 e. The third-order valence-corrected chi connectivity index (χ3v) is 6.92. The molecule has 0 spiro atoms. The second kappa shape index (κ2) is 8.50. The van der Waals surface area contributed by atoms with Crippen molar-refractivity contribution >= 4 is 37.5 Å². The number of carbonyl (C=O) groups excluding carboxylic acids is 1. The topological polar surface area (TPSA) is 66.5 Å². The molecule has 1 N–H and O–H groups in total. The number of halogens is 2. The Balaban J connectivity index is 1.87. The Morgan fingerprint density at radius 1 is 1.00 bits per heavy atom. The lowest BCUT2D eigenvalue weighted by Gasteiger charge is -2.20. The highest BCUT2D eigenvalue weighted by atomic mass is 79.9. The van der Waals surface area contributed by atoms with Gasteiger partial charge in [0.2, 0.25) is 10.0 Å². The number of anilines is 1. The third-order valence-electron chi connectivity index (χ3n) is 4.48. The molecule has 0 aliphatic carbocycles. The minimum Gasteiger partial charge on any atom is -0.322 e. The molecule has 0 aromatic heterocycles. The lowest BCUT2D eigenvalue weighted by Crippen LogP contribution is -2.32. The van der Waals surface area contributed by atoms with Gasteiger partial charge < -0.3 is 5.32 Å². The smallest absolute Gasteiger partial charge is 0.255 e. The van der Waals surface area contributed by atoms with Crippen LogP contribution in [0.15, 0.2) is 51.8 Å². The molecule has 1 amide bonds. The number of carbonyl (C=O) groups is 1. The molecule has 1 saturated heterocycles. The lowest BCUT2D eigenvalue weighted by molar-refractivity contribution is 0.102. The van der Waals surface area contributed by atoms with E-state index in [4.69, 9.17) is 0 Å². The highest BCUT2D eigenvalue weighted by molar-refractivity contribution is 9.10. The van der Waals surface area contributed by atoms with E-state index in [0.717, 1.165) is 42.3 Å². The van der Waals surface area contributed by atoms with Gasteiger partial charge in [0.15, 0.2) is 0 Å². The Morgan fingerprint density at radius 3 is 2.26 bits per heavy atom. The average Bonchev–Trinajstić information content (AvgIpc) is 2.94. The van der Waals surface area contributed by atoms with Gasteiger partial charge in [-0.2, -0.15) is 4.31 Å². The van der Waals surface area contributed by atoms with Crippen molar-refractivity contribution in [3.8, 4) is 0 Å². The summed E-state index contributed by atoms with van der Waals surface area (Å²) in [6.07, 6.45) is 3.43. The van der Waals surface area contributed by atoms with Gasteiger partial charge in [-0.15, -0.1) is 0 Å². The molecule has 3 rings (SSSR count). The molecular formula is C19H20BrFN2O3S. The van der Waals surface area contributed by atoms with Crippen LogP contribution in [0.3, 0.4) is 0 Å². The Kier molecular flexibility index (Phi) is 6.29.